The van der Waals surface area contributed by atoms with Gasteiger partial charge in [0.1, 0.15) is 6.61 Å². The molecule has 3 aromatic carbocycles. The standard InChI is InChI=1S/C26H26Cl4N2O3/c1-2-34-25-13-18(12-23(30)26(25)35-16-17-3-5-20(27)21(28)11-17)15-31-19-4-6-24(22(29)14-19)32-7-9-33-10-8-32/h3-6,11-14,31H,2,7-10,15-16H2,1H3. The van der Waals surface area contributed by atoms with Gasteiger partial charge in [-0.15, -0.1) is 0 Å². The molecule has 35 heavy (non-hydrogen) atoms. The van der Waals surface area contributed by atoms with Crippen LogP contribution < -0.4 is 19.7 Å². The molecule has 0 atom stereocenters. The second-order valence-corrected chi connectivity index (χ2v) is 9.62. The lowest BCUT2D eigenvalue weighted by molar-refractivity contribution is 0.122. The molecule has 0 spiro atoms. The summed E-state index contributed by atoms with van der Waals surface area (Å²) in [7, 11) is 0. The molecule has 4 rings (SSSR count). The summed E-state index contributed by atoms with van der Waals surface area (Å²) in [4.78, 5) is 2.24. The number of hydrogen-bond donors (Lipinski definition) is 1. The Morgan fingerprint density at radius 2 is 1.60 bits per heavy atom. The maximum atomic E-state index is 6.59. The van der Waals surface area contributed by atoms with Crippen molar-refractivity contribution in [2.45, 2.75) is 20.1 Å². The van der Waals surface area contributed by atoms with Crippen molar-refractivity contribution in [1.29, 1.82) is 0 Å². The zero-order valence-electron chi connectivity index (χ0n) is 19.3. The van der Waals surface area contributed by atoms with Gasteiger partial charge in [0, 0.05) is 25.3 Å². The van der Waals surface area contributed by atoms with Gasteiger partial charge in [-0.2, -0.15) is 0 Å². The zero-order chi connectivity index (χ0) is 24.8. The lowest BCUT2D eigenvalue weighted by Gasteiger charge is -2.29. The molecule has 0 unspecified atom stereocenters. The van der Waals surface area contributed by atoms with Crippen LogP contribution in [0.15, 0.2) is 48.5 Å². The molecule has 1 saturated heterocycles. The van der Waals surface area contributed by atoms with Crippen molar-refractivity contribution in [3.05, 3.63) is 79.7 Å². The van der Waals surface area contributed by atoms with Crippen LogP contribution in [0.4, 0.5) is 11.4 Å². The number of benzene rings is 3. The van der Waals surface area contributed by atoms with Crippen molar-refractivity contribution in [1.82, 2.24) is 0 Å². The highest BCUT2D eigenvalue weighted by molar-refractivity contribution is 6.42. The van der Waals surface area contributed by atoms with E-state index in [9.17, 15) is 0 Å². The summed E-state index contributed by atoms with van der Waals surface area (Å²) in [6.07, 6.45) is 0. The molecule has 1 aliphatic heterocycles. The molecule has 186 valence electrons. The van der Waals surface area contributed by atoms with E-state index in [1.165, 1.54) is 0 Å². The van der Waals surface area contributed by atoms with Crippen LogP contribution >= 0.6 is 46.4 Å². The number of anilines is 2. The fourth-order valence-corrected chi connectivity index (χ4v) is 4.70. The third kappa shape index (κ3) is 6.81. The van der Waals surface area contributed by atoms with E-state index in [1.807, 2.05) is 43.3 Å². The number of nitrogens with zero attached hydrogens (tertiary/aromatic N) is 1. The smallest absolute Gasteiger partial charge is 0.180 e. The molecule has 5 nitrogen and oxygen atoms in total. The van der Waals surface area contributed by atoms with Crippen LogP contribution in [0.1, 0.15) is 18.1 Å². The van der Waals surface area contributed by atoms with Crippen LogP contribution in [0.5, 0.6) is 11.5 Å². The molecule has 1 heterocycles. The topological polar surface area (TPSA) is 43.0 Å². The number of morpholine rings is 1. The maximum absolute atomic E-state index is 6.59. The summed E-state index contributed by atoms with van der Waals surface area (Å²) in [5.41, 5.74) is 3.77. The highest BCUT2D eigenvalue weighted by atomic mass is 35.5. The quantitative estimate of drug-likeness (QED) is 0.292. The van der Waals surface area contributed by atoms with E-state index in [2.05, 4.69) is 10.2 Å². The first-order valence-electron chi connectivity index (χ1n) is 11.3. The Labute approximate surface area is 225 Å². The number of hydrogen-bond acceptors (Lipinski definition) is 5. The van der Waals surface area contributed by atoms with Gasteiger partial charge in [0.15, 0.2) is 11.5 Å². The normalized spacial score (nSPS) is 13.6. The van der Waals surface area contributed by atoms with E-state index in [-0.39, 0.29) is 6.61 Å². The fourth-order valence-electron chi connectivity index (χ4n) is 3.79. The predicted molar refractivity (Wildman–Crippen MR) is 145 cm³/mol. The minimum atomic E-state index is 0.280. The van der Waals surface area contributed by atoms with Crippen molar-refractivity contribution >= 4 is 57.8 Å². The van der Waals surface area contributed by atoms with Gasteiger partial charge in [0.05, 0.1) is 45.6 Å². The van der Waals surface area contributed by atoms with Gasteiger partial charge in [0.2, 0.25) is 0 Å². The Morgan fingerprint density at radius 1 is 0.829 bits per heavy atom. The van der Waals surface area contributed by atoms with Gasteiger partial charge in [0.25, 0.3) is 0 Å². The van der Waals surface area contributed by atoms with Crippen molar-refractivity contribution in [2.24, 2.45) is 0 Å². The molecule has 1 fully saturated rings. The van der Waals surface area contributed by atoms with Gasteiger partial charge >= 0.3 is 0 Å². The summed E-state index contributed by atoms with van der Waals surface area (Å²) >= 11 is 25.3. The van der Waals surface area contributed by atoms with Gasteiger partial charge in [-0.1, -0.05) is 52.5 Å². The van der Waals surface area contributed by atoms with Crippen molar-refractivity contribution in [3.63, 3.8) is 0 Å². The zero-order valence-corrected chi connectivity index (χ0v) is 22.3. The van der Waals surface area contributed by atoms with Gasteiger partial charge in [-0.3, -0.25) is 0 Å². The molecule has 1 aliphatic rings. The minimum Gasteiger partial charge on any atom is -0.490 e. The molecular formula is C26H26Cl4N2O3. The van der Waals surface area contributed by atoms with Crippen LogP contribution in [-0.2, 0) is 17.9 Å². The second-order valence-electron chi connectivity index (χ2n) is 7.99. The maximum Gasteiger partial charge on any atom is 0.180 e. The first-order chi connectivity index (χ1) is 16.9. The molecule has 0 radical (unpaired) electrons. The lowest BCUT2D eigenvalue weighted by atomic mass is 10.1. The van der Waals surface area contributed by atoms with Crippen LogP contribution in [-0.4, -0.2) is 32.9 Å². The molecule has 0 aromatic heterocycles. The summed E-state index contributed by atoms with van der Waals surface area (Å²) in [5.74, 6) is 1.07. The highest BCUT2D eigenvalue weighted by Crippen LogP contribution is 2.38. The Bertz CT molecular complexity index is 1170. The van der Waals surface area contributed by atoms with E-state index in [1.54, 1.807) is 12.1 Å². The number of nitrogens with one attached hydrogen (secondary N) is 1. The Balaban J connectivity index is 1.44. The fraction of sp³-hybridized carbons (Fsp3) is 0.308. The summed E-state index contributed by atoms with van der Waals surface area (Å²) in [6.45, 7) is 6.32. The van der Waals surface area contributed by atoms with Gasteiger partial charge < -0.3 is 24.4 Å². The van der Waals surface area contributed by atoms with Gasteiger partial charge in [-0.05, 0) is 60.5 Å². The summed E-state index contributed by atoms with van der Waals surface area (Å²) in [5, 5.41) is 5.55. The predicted octanol–water partition coefficient (Wildman–Crippen LogP) is 7.73. The van der Waals surface area contributed by atoms with Crippen LogP contribution in [0.3, 0.4) is 0 Å². The SMILES string of the molecule is CCOc1cc(CNc2ccc(N3CCOCC3)c(Cl)c2)cc(Cl)c1OCc1ccc(Cl)c(Cl)c1. The number of halogens is 4. The van der Waals surface area contributed by atoms with Crippen LogP contribution in [0.2, 0.25) is 20.1 Å². The third-order valence-corrected chi connectivity index (χ3v) is 6.85. The molecule has 0 saturated carbocycles. The Hall–Kier alpha value is -2.02. The molecule has 0 bridgehead atoms. The van der Waals surface area contributed by atoms with E-state index in [0.717, 1.165) is 35.6 Å². The molecule has 1 N–H and O–H groups in total. The molecule has 0 amide bonds. The highest BCUT2D eigenvalue weighted by Gasteiger charge is 2.16. The second kappa shape index (κ2) is 12.3. The first kappa shape index (κ1) is 26.1. The Kier molecular flexibility index (Phi) is 9.15. The van der Waals surface area contributed by atoms with Crippen LogP contribution in [0, 0.1) is 0 Å². The van der Waals surface area contributed by atoms with E-state index >= 15 is 0 Å². The Morgan fingerprint density at radius 3 is 2.31 bits per heavy atom. The minimum absolute atomic E-state index is 0.280. The molecule has 3 aromatic rings. The molecule has 0 aliphatic carbocycles. The largest absolute Gasteiger partial charge is 0.490 e. The van der Waals surface area contributed by atoms with E-state index in [0.29, 0.717) is 58.0 Å². The third-order valence-electron chi connectivity index (χ3n) is 5.53. The number of rotatable bonds is 9. The average molecular weight is 556 g/mol. The van der Waals surface area contributed by atoms with Crippen molar-refractivity contribution < 1.29 is 14.2 Å². The summed E-state index contributed by atoms with van der Waals surface area (Å²) < 4.78 is 17.2. The first-order valence-corrected chi connectivity index (χ1v) is 12.8. The van der Waals surface area contributed by atoms with E-state index in [4.69, 9.17) is 60.6 Å². The van der Waals surface area contributed by atoms with Crippen molar-refractivity contribution in [2.75, 3.05) is 43.1 Å². The van der Waals surface area contributed by atoms with Crippen molar-refractivity contribution in [3.8, 4) is 11.5 Å². The van der Waals surface area contributed by atoms with E-state index < -0.39 is 0 Å². The molecular weight excluding hydrogens is 530 g/mol. The number of ether oxygens (including phenoxy) is 3. The molecule has 9 heteroatoms. The van der Waals surface area contributed by atoms with Gasteiger partial charge in [-0.25, -0.2) is 0 Å². The average Bonchev–Trinajstić information content (AvgIpc) is 2.85. The monoisotopic (exact) mass is 554 g/mol. The summed E-state index contributed by atoms with van der Waals surface area (Å²) in [6, 6.07) is 15.2. The lowest BCUT2D eigenvalue weighted by Crippen LogP contribution is -2.36. The van der Waals surface area contributed by atoms with Crippen LogP contribution in [0.25, 0.3) is 0 Å².